The van der Waals surface area contributed by atoms with Crippen LogP contribution in [0.25, 0.3) is 0 Å². The van der Waals surface area contributed by atoms with Gasteiger partial charge in [0.05, 0.1) is 30.9 Å². The molecule has 3 fully saturated rings. The molecule has 1 aromatic heterocycles. The summed E-state index contributed by atoms with van der Waals surface area (Å²) in [6, 6.07) is 4.89. The molecule has 0 unspecified atom stereocenters. The van der Waals surface area contributed by atoms with E-state index < -0.39 is 17.6 Å². The van der Waals surface area contributed by atoms with Gasteiger partial charge < -0.3 is 21.2 Å². The highest BCUT2D eigenvalue weighted by Gasteiger charge is 2.39. The molecule has 4 N–H and O–H groups in total. The number of hydrogen-bond acceptors (Lipinski definition) is 6. The lowest BCUT2D eigenvalue weighted by atomic mass is 9.87. The maximum atomic E-state index is 12.8. The van der Waals surface area contributed by atoms with Crippen LogP contribution in [0.5, 0.6) is 0 Å². The van der Waals surface area contributed by atoms with Crippen LogP contribution in [0.3, 0.4) is 0 Å². The van der Waals surface area contributed by atoms with Gasteiger partial charge in [0.1, 0.15) is 5.56 Å². The number of primary amides is 1. The van der Waals surface area contributed by atoms with E-state index in [1.54, 1.807) is 4.68 Å². The highest BCUT2D eigenvalue weighted by Crippen LogP contribution is 2.36. The number of anilines is 2. The van der Waals surface area contributed by atoms with Crippen molar-refractivity contribution in [3.05, 3.63) is 41.6 Å². The zero-order valence-electron chi connectivity index (χ0n) is 19.2. The first-order valence-electron chi connectivity index (χ1n) is 11.9. The molecule has 11 heteroatoms. The first-order chi connectivity index (χ1) is 16.7. The second kappa shape index (κ2) is 9.27. The van der Waals surface area contributed by atoms with E-state index in [9.17, 15) is 18.0 Å². The number of alkyl halides is 3. The smallest absolute Gasteiger partial charge is 0.378 e. The molecule has 0 radical (unpaired) electrons. The van der Waals surface area contributed by atoms with Crippen molar-refractivity contribution in [3.8, 4) is 0 Å². The highest BCUT2D eigenvalue weighted by atomic mass is 19.4. The zero-order valence-corrected chi connectivity index (χ0v) is 19.2. The Balaban J connectivity index is 1.30. The number of nitrogens with two attached hydrogens (primary N) is 1. The molecule has 5 rings (SSSR count). The first-order valence-corrected chi connectivity index (χ1v) is 11.9. The Labute approximate surface area is 201 Å². The molecular formula is C24H29F3N6O2. The van der Waals surface area contributed by atoms with Crippen molar-refractivity contribution in [3.63, 3.8) is 0 Å². The minimum Gasteiger partial charge on any atom is -0.378 e. The molecule has 3 aliphatic rings. The molecule has 1 saturated heterocycles. The van der Waals surface area contributed by atoms with Crippen LogP contribution in [0.1, 0.15) is 54.1 Å². The summed E-state index contributed by atoms with van der Waals surface area (Å²) in [4.78, 5) is 14.6. The van der Waals surface area contributed by atoms with Crippen LogP contribution in [0.2, 0.25) is 0 Å². The van der Waals surface area contributed by atoms with E-state index in [1.165, 1.54) is 31.2 Å². The van der Waals surface area contributed by atoms with Gasteiger partial charge in [-0.15, -0.1) is 0 Å². The van der Waals surface area contributed by atoms with Gasteiger partial charge in [-0.2, -0.15) is 18.3 Å². The van der Waals surface area contributed by atoms with E-state index in [0.717, 1.165) is 44.2 Å². The molecule has 1 aromatic carbocycles. The van der Waals surface area contributed by atoms with Crippen LogP contribution >= 0.6 is 0 Å². The Morgan fingerprint density at radius 2 is 1.89 bits per heavy atom. The number of carbonyl (C=O) groups excluding carboxylic acids is 1. The number of aromatic nitrogens is 2. The van der Waals surface area contributed by atoms with E-state index >= 15 is 0 Å². The van der Waals surface area contributed by atoms with Crippen LogP contribution in [0.4, 0.5) is 24.7 Å². The molecule has 188 valence electrons. The molecule has 0 spiro atoms. The summed E-state index contributed by atoms with van der Waals surface area (Å²) in [7, 11) is 0. The van der Waals surface area contributed by atoms with Gasteiger partial charge in [0, 0.05) is 36.6 Å². The number of rotatable bonds is 8. The molecule has 2 saturated carbocycles. The van der Waals surface area contributed by atoms with Gasteiger partial charge >= 0.3 is 6.18 Å². The summed E-state index contributed by atoms with van der Waals surface area (Å²) in [5.41, 5.74) is 5.80. The van der Waals surface area contributed by atoms with Crippen LogP contribution in [0.15, 0.2) is 30.5 Å². The predicted octanol–water partition coefficient (Wildman–Crippen LogP) is 3.97. The maximum absolute atomic E-state index is 12.8. The summed E-state index contributed by atoms with van der Waals surface area (Å²) in [6.07, 6.45) is 1.87. The highest BCUT2D eigenvalue weighted by molar-refractivity contribution is 5.98. The number of ether oxygens (including phenoxy) is 1. The standard InChI is InChI=1S/C24H29F3N6O2/c25-24(26,27)15-3-5-16(6-4-15)30-23-19(22(29)34)11-33(31-23)21-8-7-17(9-20(21)28)32(10-14-1-2-14)18-12-35-13-18/h3-6,11,14,17-18,21,28H,1-2,7-10,12-13H2,(H2,29,34)(H,30,31)/t17-,21+/m1/s1. The molecule has 1 amide bonds. The molecule has 2 heterocycles. The SMILES string of the molecule is N=C1C[C@H](N(CC2CC2)C2COC2)CC[C@@H]1n1cc(C(N)=O)c(Nc2ccc(C(F)(F)F)cc2)n1. The van der Waals surface area contributed by atoms with E-state index in [-0.39, 0.29) is 17.4 Å². The molecule has 2 atom stereocenters. The lowest BCUT2D eigenvalue weighted by Crippen LogP contribution is -2.55. The summed E-state index contributed by atoms with van der Waals surface area (Å²) < 4.78 is 45.5. The maximum Gasteiger partial charge on any atom is 0.416 e. The number of hydrogen-bond donors (Lipinski definition) is 3. The van der Waals surface area contributed by atoms with E-state index in [2.05, 4.69) is 15.3 Å². The van der Waals surface area contributed by atoms with Gasteiger partial charge in [-0.3, -0.25) is 14.4 Å². The minimum atomic E-state index is -4.43. The van der Waals surface area contributed by atoms with E-state index in [4.69, 9.17) is 15.9 Å². The lowest BCUT2D eigenvalue weighted by molar-refractivity contribution is -0.137. The Bertz CT molecular complexity index is 1090. The molecule has 2 aromatic rings. The largest absolute Gasteiger partial charge is 0.416 e. The third kappa shape index (κ3) is 5.20. The summed E-state index contributed by atoms with van der Waals surface area (Å²) in [5.74, 6) is 0.214. The van der Waals surface area contributed by atoms with Gasteiger partial charge in [0.25, 0.3) is 5.91 Å². The Morgan fingerprint density at radius 1 is 1.17 bits per heavy atom. The van der Waals surface area contributed by atoms with Gasteiger partial charge in [-0.25, -0.2) is 0 Å². The van der Waals surface area contributed by atoms with Crippen molar-refractivity contribution in [1.29, 1.82) is 5.41 Å². The second-order valence-corrected chi connectivity index (χ2v) is 9.74. The molecule has 1 aliphatic heterocycles. The number of benzene rings is 1. The Morgan fingerprint density at radius 3 is 2.43 bits per heavy atom. The van der Waals surface area contributed by atoms with Crippen molar-refractivity contribution in [1.82, 2.24) is 14.7 Å². The predicted molar refractivity (Wildman–Crippen MR) is 124 cm³/mol. The monoisotopic (exact) mass is 490 g/mol. The third-order valence-electron chi connectivity index (χ3n) is 7.15. The van der Waals surface area contributed by atoms with Gasteiger partial charge in [-0.05, 0) is 55.9 Å². The number of halogens is 3. The van der Waals surface area contributed by atoms with Crippen LogP contribution in [-0.4, -0.2) is 58.1 Å². The normalized spacial score (nSPS) is 23.4. The van der Waals surface area contributed by atoms with E-state index in [0.29, 0.717) is 36.3 Å². The summed E-state index contributed by atoms with van der Waals surface area (Å²) >= 11 is 0. The van der Waals surface area contributed by atoms with Crippen LogP contribution < -0.4 is 11.1 Å². The Kier molecular flexibility index (Phi) is 6.30. The molecule has 0 bridgehead atoms. The number of nitrogens with zero attached hydrogens (tertiary/aromatic N) is 3. The van der Waals surface area contributed by atoms with E-state index in [1.807, 2.05) is 0 Å². The van der Waals surface area contributed by atoms with Gasteiger partial charge in [-0.1, -0.05) is 0 Å². The average Bonchev–Trinajstić information content (AvgIpc) is 3.49. The fraction of sp³-hybridized carbons (Fsp3) is 0.542. The third-order valence-corrected chi connectivity index (χ3v) is 7.15. The summed E-state index contributed by atoms with van der Waals surface area (Å²) in [6.45, 7) is 2.56. The van der Waals surface area contributed by atoms with Crippen LogP contribution in [-0.2, 0) is 10.9 Å². The van der Waals surface area contributed by atoms with Crippen molar-refractivity contribution < 1.29 is 22.7 Å². The fourth-order valence-corrected chi connectivity index (χ4v) is 4.90. The van der Waals surface area contributed by atoms with Crippen molar-refractivity contribution in [2.24, 2.45) is 11.7 Å². The number of nitrogens with one attached hydrogen (secondary N) is 2. The van der Waals surface area contributed by atoms with Crippen molar-refractivity contribution in [2.45, 2.75) is 56.4 Å². The Hall–Kier alpha value is -2.92. The molecular weight excluding hydrogens is 461 g/mol. The van der Waals surface area contributed by atoms with Crippen molar-refractivity contribution in [2.75, 3.05) is 25.1 Å². The first kappa shape index (κ1) is 23.8. The fourth-order valence-electron chi connectivity index (χ4n) is 4.90. The number of amides is 1. The average molecular weight is 491 g/mol. The number of carbonyl (C=O) groups is 1. The quantitative estimate of drug-likeness (QED) is 0.519. The van der Waals surface area contributed by atoms with Gasteiger partial charge in [0.2, 0.25) is 0 Å². The lowest BCUT2D eigenvalue weighted by Gasteiger charge is -2.45. The van der Waals surface area contributed by atoms with Gasteiger partial charge in [0.15, 0.2) is 5.82 Å². The zero-order chi connectivity index (χ0) is 24.7. The molecule has 8 nitrogen and oxygen atoms in total. The minimum absolute atomic E-state index is 0.127. The topological polar surface area (TPSA) is 109 Å². The van der Waals surface area contributed by atoms with Crippen LogP contribution in [0, 0.1) is 11.3 Å². The second-order valence-electron chi connectivity index (χ2n) is 9.74. The van der Waals surface area contributed by atoms with Crippen molar-refractivity contribution >= 4 is 23.1 Å². The summed E-state index contributed by atoms with van der Waals surface area (Å²) in [5, 5.41) is 16.1. The molecule has 2 aliphatic carbocycles. The molecule has 35 heavy (non-hydrogen) atoms.